The van der Waals surface area contributed by atoms with Gasteiger partial charge in [0.05, 0.1) is 29.8 Å². The highest BCUT2D eigenvalue weighted by Crippen LogP contribution is 2.28. The fourth-order valence-electron chi connectivity index (χ4n) is 3.20. The number of anilines is 1. The third-order valence-corrected chi connectivity index (χ3v) is 6.64. The molecule has 0 bridgehead atoms. The lowest BCUT2D eigenvalue weighted by atomic mass is 10.2. The molecular weight excluding hydrogens is 416 g/mol. The molecule has 29 heavy (non-hydrogen) atoms. The van der Waals surface area contributed by atoms with Crippen molar-refractivity contribution in [3.63, 3.8) is 0 Å². The Morgan fingerprint density at radius 2 is 1.90 bits per heavy atom. The molecule has 1 aromatic heterocycles. The van der Waals surface area contributed by atoms with Crippen LogP contribution in [0.5, 0.6) is 5.75 Å². The van der Waals surface area contributed by atoms with Crippen LogP contribution >= 0.6 is 11.6 Å². The van der Waals surface area contributed by atoms with E-state index in [9.17, 15) is 13.2 Å². The first-order valence-electron chi connectivity index (χ1n) is 9.30. The van der Waals surface area contributed by atoms with Crippen LogP contribution in [0, 0.1) is 0 Å². The molecule has 1 amide bonds. The van der Waals surface area contributed by atoms with Gasteiger partial charge in [-0.15, -0.1) is 0 Å². The summed E-state index contributed by atoms with van der Waals surface area (Å²) in [4.78, 5) is 24.5. The van der Waals surface area contributed by atoms with E-state index in [1.165, 1.54) is 6.20 Å². The van der Waals surface area contributed by atoms with Gasteiger partial charge in [-0.05, 0) is 18.6 Å². The van der Waals surface area contributed by atoms with E-state index in [1.807, 2.05) is 24.3 Å². The Morgan fingerprint density at radius 3 is 2.55 bits per heavy atom. The number of hydrogen-bond acceptors (Lipinski definition) is 7. The van der Waals surface area contributed by atoms with Gasteiger partial charge in [0, 0.05) is 26.2 Å². The second kappa shape index (κ2) is 8.96. The van der Waals surface area contributed by atoms with E-state index in [-0.39, 0.29) is 21.6 Å². The minimum absolute atomic E-state index is 0.0395. The van der Waals surface area contributed by atoms with Crippen LogP contribution < -0.4 is 9.64 Å². The first-order chi connectivity index (χ1) is 13.9. The molecule has 0 aliphatic carbocycles. The summed E-state index contributed by atoms with van der Waals surface area (Å²) in [7, 11) is -2.02. The third kappa shape index (κ3) is 4.62. The van der Waals surface area contributed by atoms with Crippen LogP contribution in [0.15, 0.2) is 35.6 Å². The molecule has 0 radical (unpaired) electrons. The van der Waals surface area contributed by atoms with Crippen molar-refractivity contribution in [2.75, 3.05) is 43.9 Å². The van der Waals surface area contributed by atoms with Gasteiger partial charge in [0.2, 0.25) is 15.0 Å². The zero-order valence-corrected chi connectivity index (χ0v) is 17.9. The summed E-state index contributed by atoms with van der Waals surface area (Å²) < 4.78 is 29.9. The zero-order chi connectivity index (χ0) is 21.0. The number of rotatable bonds is 6. The fraction of sp³-hybridized carbons (Fsp3) is 0.421. The van der Waals surface area contributed by atoms with Crippen molar-refractivity contribution < 1.29 is 17.9 Å². The van der Waals surface area contributed by atoms with E-state index in [4.69, 9.17) is 16.3 Å². The van der Waals surface area contributed by atoms with Gasteiger partial charge in [0.1, 0.15) is 5.75 Å². The first kappa shape index (κ1) is 21.3. The Balaban J connectivity index is 1.76. The Hall–Kier alpha value is -2.39. The highest BCUT2D eigenvalue weighted by atomic mass is 35.5. The molecule has 156 valence electrons. The van der Waals surface area contributed by atoms with Crippen molar-refractivity contribution in [3.8, 4) is 5.75 Å². The van der Waals surface area contributed by atoms with Crippen LogP contribution in [0.4, 0.5) is 5.69 Å². The molecule has 1 aromatic carbocycles. The number of benzene rings is 1. The number of carbonyl (C=O) groups is 1. The van der Waals surface area contributed by atoms with Gasteiger partial charge in [0.15, 0.2) is 5.69 Å². The second-order valence-electron chi connectivity index (χ2n) is 6.62. The second-order valence-corrected chi connectivity index (χ2v) is 9.03. The SMILES string of the molecule is CCCS(=O)(=O)c1ncc(Cl)c(C(=O)N2CCN(c3ccccc3OC)CC2)n1. The molecule has 0 spiro atoms. The molecule has 1 saturated heterocycles. The lowest BCUT2D eigenvalue weighted by Gasteiger charge is -2.36. The van der Waals surface area contributed by atoms with E-state index < -0.39 is 15.7 Å². The predicted octanol–water partition coefficient (Wildman–Crippen LogP) is 2.28. The molecule has 0 N–H and O–H groups in total. The summed E-state index contributed by atoms with van der Waals surface area (Å²) in [6, 6.07) is 7.71. The Morgan fingerprint density at radius 1 is 1.21 bits per heavy atom. The first-order valence-corrected chi connectivity index (χ1v) is 11.3. The smallest absolute Gasteiger partial charge is 0.274 e. The minimum atomic E-state index is -3.64. The highest BCUT2D eigenvalue weighted by molar-refractivity contribution is 7.91. The van der Waals surface area contributed by atoms with Gasteiger partial charge in [-0.2, -0.15) is 0 Å². The molecule has 1 fully saturated rings. The van der Waals surface area contributed by atoms with Gasteiger partial charge in [-0.1, -0.05) is 30.7 Å². The van der Waals surface area contributed by atoms with Gasteiger partial charge in [-0.3, -0.25) is 4.79 Å². The number of methoxy groups -OCH3 is 1. The lowest BCUT2D eigenvalue weighted by Crippen LogP contribution is -2.49. The van der Waals surface area contributed by atoms with E-state index in [0.717, 1.165) is 11.4 Å². The molecule has 1 aliphatic rings. The maximum absolute atomic E-state index is 12.9. The summed E-state index contributed by atoms with van der Waals surface area (Å²) in [5.41, 5.74) is 0.886. The largest absolute Gasteiger partial charge is 0.495 e. The highest BCUT2D eigenvalue weighted by Gasteiger charge is 2.28. The minimum Gasteiger partial charge on any atom is -0.495 e. The predicted molar refractivity (Wildman–Crippen MR) is 110 cm³/mol. The molecule has 0 unspecified atom stereocenters. The van der Waals surface area contributed by atoms with Crippen molar-refractivity contribution in [1.29, 1.82) is 0 Å². The summed E-state index contributed by atoms with van der Waals surface area (Å²) in [5.74, 6) is 0.293. The number of aromatic nitrogens is 2. The average molecular weight is 439 g/mol. The van der Waals surface area contributed by atoms with Gasteiger partial charge >= 0.3 is 0 Å². The number of amides is 1. The maximum atomic E-state index is 12.9. The maximum Gasteiger partial charge on any atom is 0.274 e. The van der Waals surface area contributed by atoms with Crippen LogP contribution in [-0.4, -0.2) is 68.2 Å². The summed E-state index contributed by atoms with van der Waals surface area (Å²) in [6.07, 6.45) is 1.61. The third-order valence-electron chi connectivity index (χ3n) is 4.67. The Bertz CT molecular complexity index is 991. The van der Waals surface area contributed by atoms with E-state index >= 15 is 0 Å². The number of nitrogens with zero attached hydrogens (tertiary/aromatic N) is 4. The van der Waals surface area contributed by atoms with Crippen molar-refractivity contribution >= 4 is 33.0 Å². The van der Waals surface area contributed by atoms with Crippen molar-refractivity contribution in [3.05, 3.63) is 41.2 Å². The molecule has 0 saturated carbocycles. The monoisotopic (exact) mass is 438 g/mol. The average Bonchev–Trinajstić information content (AvgIpc) is 2.73. The summed E-state index contributed by atoms with van der Waals surface area (Å²) in [6.45, 7) is 3.87. The number of para-hydroxylation sites is 2. The van der Waals surface area contributed by atoms with Gasteiger partial charge in [0.25, 0.3) is 5.91 Å². The van der Waals surface area contributed by atoms with Crippen molar-refractivity contribution in [2.24, 2.45) is 0 Å². The van der Waals surface area contributed by atoms with Crippen molar-refractivity contribution in [1.82, 2.24) is 14.9 Å². The topological polar surface area (TPSA) is 92.7 Å². The zero-order valence-electron chi connectivity index (χ0n) is 16.3. The van der Waals surface area contributed by atoms with E-state index in [1.54, 1.807) is 18.9 Å². The number of ether oxygens (including phenoxy) is 1. The van der Waals surface area contributed by atoms with Gasteiger partial charge in [-0.25, -0.2) is 18.4 Å². The van der Waals surface area contributed by atoms with Crippen LogP contribution in [0.25, 0.3) is 0 Å². The number of hydrogen-bond donors (Lipinski definition) is 0. The molecule has 0 atom stereocenters. The van der Waals surface area contributed by atoms with Crippen LogP contribution in [0.1, 0.15) is 23.8 Å². The Labute approximate surface area is 175 Å². The number of carbonyl (C=O) groups excluding carboxylic acids is 1. The lowest BCUT2D eigenvalue weighted by molar-refractivity contribution is 0.0740. The normalized spacial score (nSPS) is 14.7. The van der Waals surface area contributed by atoms with Crippen LogP contribution in [0.3, 0.4) is 0 Å². The molecule has 3 rings (SSSR count). The molecule has 10 heteroatoms. The van der Waals surface area contributed by atoms with Gasteiger partial charge < -0.3 is 14.5 Å². The molecule has 2 heterocycles. The number of sulfone groups is 1. The molecule has 1 aliphatic heterocycles. The van der Waals surface area contributed by atoms with Crippen molar-refractivity contribution in [2.45, 2.75) is 18.5 Å². The van der Waals surface area contributed by atoms with E-state index in [2.05, 4.69) is 14.9 Å². The number of piperazine rings is 1. The Kier molecular flexibility index (Phi) is 6.59. The quantitative estimate of drug-likeness (QED) is 0.638. The van der Waals surface area contributed by atoms with Crippen LogP contribution in [-0.2, 0) is 9.84 Å². The molecule has 8 nitrogen and oxygen atoms in total. The summed E-state index contributed by atoms with van der Waals surface area (Å²) in [5, 5.41) is -0.322. The summed E-state index contributed by atoms with van der Waals surface area (Å²) >= 11 is 6.11. The standard InChI is InChI=1S/C19H23ClN4O4S/c1-3-12-29(26,27)19-21-13-14(20)17(22-19)18(25)24-10-8-23(9-11-24)15-6-4-5-7-16(15)28-2/h4-7,13H,3,8-12H2,1-2H3. The molecule has 2 aromatic rings. The van der Waals surface area contributed by atoms with E-state index in [0.29, 0.717) is 32.6 Å². The number of halogens is 1. The fourth-order valence-corrected chi connectivity index (χ4v) is 4.54. The molecular formula is C19H23ClN4O4S. The van der Waals surface area contributed by atoms with Crippen LogP contribution in [0.2, 0.25) is 5.02 Å².